The van der Waals surface area contributed by atoms with Gasteiger partial charge in [-0.1, -0.05) is 0 Å². The van der Waals surface area contributed by atoms with E-state index in [0.717, 1.165) is 29.9 Å². The monoisotopic (exact) mass is 234 g/mol. The van der Waals surface area contributed by atoms with Crippen molar-refractivity contribution in [2.75, 3.05) is 20.1 Å². The fraction of sp³-hybridized carbons (Fsp3) is 0.455. The summed E-state index contributed by atoms with van der Waals surface area (Å²) in [4.78, 5) is 2.17. The van der Waals surface area contributed by atoms with Crippen LogP contribution >= 0.6 is 0 Å². The second-order valence-corrected chi connectivity index (χ2v) is 4.20. The zero-order valence-electron chi connectivity index (χ0n) is 10.2. The molecule has 2 heterocycles. The molecular weight excluding hydrogens is 216 g/mol. The van der Waals surface area contributed by atoms with E-state index in [-0.39, 0.29) is 0 Å². The summed E-state index contributed by atoms with van der Waals surface area (Å²) >= 11 is 0. The molecule has 0 saturated carbocycles. The van der Waals surface area contributed by atoms with Gasteiger partial charge in [0, 0.05) is 44.0 Å². The molecule has 2 rings (SSSR count). The first-order chi connectivity index (χ1) is 8.20. The van der Waals surface area contributed by atoms with E-state index in [1.165, 1.54) is 0 Å². The highest BCUT2D eigenvalue weighted by Crippen LogP contribution is 2.20. The summed E-state index contributed by atoms with van der Waals surface area (Å²) < 4.78 is 1.78. The van der Waals surface area contributed by atoms with Crippen molar-refractivity contribution in [2.45, 2.75) is 6.54 Å². The van der Waals surface area contributed by atoms with Crippen molar-refractivity contribution in [3.05, 3.63) is 24.2 Å². The summed E-state index contributed by atoms with van der Waals surface area (Å²) in [6, 6.07) is 0. The topological polar surface area (TPSA) is 75.8 Å². The van der Waals surface area contributed by atoms with Gasteiger partial charge in [0.25, 0.3) is 0 Å². The normalized spacial score (nSPS) is 11.3. The largest absolute Gasteiger partial charge is 0.329 e. The third-order valence-electron chi connectivity index (χ3n) is 2.66. The van der Waals surface area contributed by atoms with Gasteiger partial charge in [-0.2, -0.15) is 10.2 Å². The number of nitrogens with zero attached hydrogens (tertiary/aromatic N) is 4. The van der Waals surface area contributed by atoms with Gasteiger partial charge in [0.15, 0.2) is 0 Å². The fourth-order valence-electron chi connectivity index (χ4n) is 1.82. The molecule has 0 radical (unpaired) electrons. The van der Waals surface area contributed by atoms with Crippen LogP contribution in [-0.4, -0.2) is 45.0 Å². The Labute approximate surface area is 100 Å². The number of nitrogens with one attached hydrogen (secondary N) is 1. The van der Waals surface area contributed by atoms with Crippen LogP contribution in [0.1, 0.15) is 5.56 Å². The number of H-pyrrole nitrogens is 1. The molecule has 0 fully saturated rings. The van der Waals surface area contributed by atoms with Crippen molar-refractivity contribution < 1.29 is 0 Å². The molecule has 6 nitrogen and oxygen atoms in total. The summed E-state index contributed by atoms with van der Waals surface area (Å²) in [6.07, 6.45) is 5.66. The average molecular weight is 234 g/mol. The number of hydrogen-bond acceptors (Lipinski definition) is 4. The molecule has 17 heavy (non-hydrogen) atoms. The highest BCUT2D eigenvalue weighted by molar-refractivity contribution is 5.60. The number of hydrogen-bond donors (Lipinski definition) is 2. The SMILES string of the molecule is CN(CCN)Cc1cn[nH]c1-c1cnn(C)c1. The Morgan fingerprint density at radius 3 is 2.94 bits per heavy atom. The average Bonchev–Trinajstić information content (AvgIpc) is 2.87. The standard InChI is InChI=1S/C11H18N6/c1-16(4-3-12)7-9-5-13-15-11(9)10-6-14-17(2)8-10/h5-6,8H,3-4,7,12H2,1-2H3,(H,13,15). The molecule has 2 aromatic heterocycles. The van der Waals surface area contributed by atoms with E-state index in [9.17, 15) is 0 Å². The molecule has 3 N–H and O–H groups in total. The Hall–Kier alpha value is -1.66. The quantitative estimate of drug-likeness (QED) is 0.775. The molecule has 0 aliphatic rings. The van der Waals surface area contributed by atoms with Crippen LogP contribution in [-0.2, 0) is 13.6 Å². The zero-order valence-corrected chi connectivity index (χ0v) is 10.2. The lowest BCUT2D eigenvalue weighted by molar-refractivity contribution is 0.337. The molecule has 6 heteroatoms. The summed E-state index contributed by atoms with van der Waals surface area (Å²) in [5.74, 6) is 0. The van der Waals surface area contributed by atoms with E-state index in [4.69, 9.17) is 5.73 Å². The lowest BCUT2D eigenvalue weighted by Crippen LogP contribution is -2.25. The van der Waals surface area contributed by atoms with Crippen LogP contribution in [0, 0.1) is 0 Å². The van der Waals surface area contributed by atoms with Crippen LogP contribution in [0.5, 0.6) is 0 Å². The summed E-state index contributed by atoms with van der Waals surface area (Å²) in [7, 11) is 3.95. The molecular formula is C11H18N6. The second kappa shape index (κ2) is 5.11. The van der Waals surface area contributed by atoms with Crippen LogP contribution in [0.25, 0.3) is 11.3 Å². The first-order valence-electron chi connectivity index (χ1n) is 5.60. The van der Waals surface area contributed by atoms with E-state index >= 15 is 0 Å². The predicted molar refractivity (Wildman–Crippen MR) is 66.2 cm³/mol. The van der Waals surface area contributed by atoms with Crippen molar-refractivity contribution in [3.63, 3.8) is 0 Å². The molecule has 0 bridgehead atoms. The van der Waals surface area contributed by atoms with E-state index in [0.29, 0.717) is 6.54 Å². The Kier molecular flexibility index (Phi) is 3.55. The fourth-order valence-corrected chi connectivity index (χ4v) is 1.82. The van der Waals surface area contributed by atoms with Crippen LogP contribution in [0.15, 0.2) is 18.6 Å². The number of aryl methyl sites for hydroxylation is 1. The van der Waals surface area contributed by atoms with Crippen molar-refractivity contribution in [2.24, 2.45) is 12.8 Å². The first kappa shape index (κ1) is 11.8. The smallest absolute Gasteiger partial charge is 0.0726 e. The van der Waals surface area contributed by atoms with Gasteiger partial charge in [-0.05, 0) is 7.05 Å². The molecule has 0 unspecified atom stereocenters. The van der Waals surface area contributed by atoms with Crippen molar-refractivity contribution in [3.8, 4) is 11.3 Å². The van der Waals surface area contributed by atoms with Gasteiger partial charge < -0.3 is 10.6 Å². The molecule has 0 aliphatic carbocycles. The highest BCUT2D eigenvalue weighted by Gasteiger charge is 2.10. The van der Waals surface area contributed by atoms with Gasteiger partial charge in [-0.3, -0.25) is 9.78 Å². The van der Waals surface area contributed by atoms with E-state index in [1.807, 2.05) is 32.7 Å². The third kappa shape index (κ3) is 2.72. The lowest BCUT2D eigenvalue weighted by atomic mass is 10.1. The van der Waals surface area contributed by atoms with Gasteiger partial charge in [0.2, 0.25) is 0 Å². The maximum Gasteiger partial charge on any atom is 0.0726 e. The minimum atomic E-state index is 0.663. The number of nitrogens with two attached hydrogens (primary N) is 1. The summed E-state index contributed by atoms with van der Waals surface area (Å²) in [5, 5.41) is 11.3. The van der Waals surface area contributed by atoms with E-state index in [2.05, 4.69) is 20.2 Å². The second-order valence-electron chi connectivity index (χ2n) is 4.20. The van der Waals surface area contributed by atoms with Crippen LogP contribution in [0.2, 0.25) is 0 Å². The summed E-state index contributed by atoms with van der Waals surface area (Å²) in [6.45, 7) is 2.37. The number of aromatic nitrogens is 4. The predicted octanol–water partition coefficient (Wildman–Crippen LogP) is 0.201. The zero-order chi connectivity index (χ0) is 12.3. The molecule has 0 aromatic carbocycles. The third-order valence-corrected chi connectivity index (χ3v) is 2.66. The van der Waals surface area contributed by atoms with Crippen LogP contribution in [0.3, 0.4) is 0 Å². The number of rotatable bonds is 5. The molecule has 0 spiro atoms. The van der Waals surface area contributed by atoms with Crippen LogP contribution < -0.4 is 5.73 Å². The van der Waals surface area contributed by atoms with Crippen molar-refractivity contribution >= 4 is 0 Å². The minimum absolute atomic E-state index is 0.663. The van der Waals surface area contributed by atoms with Gasteiger partial charge >= 0.3 is 0 Å². The molecule has 0 amide bonds. The minimum Gasteiger partial charge on any atom is -0.329 e. The molecule has 0 aliphatic heterocycles. The highest BCUT2D eigenvalue weighted by atomic mass is 15.2. The van der Waals surface area contributed by atoms with Gasteiger partial charge in [-0.25, -0.2) is 0 Å². The lowest BCUT2D eigenvalue weighted by Gasteiger charge is -2.14. The maximum absolute atomic E-state index is 5.53. The Morgan fingerprint density at radius 1 is 1.47 bits per heavy atom. The molecule has 2 aromatic rings. The van der Waals surface area contributed by atoms with Crippen molar-refractivity contribution in [1.82, 2.24) is 24.9 Å². The van der Waals surface area contributed by atoms with Gasteiger partial charge in [0.1, 0.15) is 0 Å². The number of likely N-dealkylation sites (N-methyl/N-ethyl adjacent to an activating group) is 1. The Balaban J connectivity index is 2.17. The van der Waals surface area contributed by atoms with E-state index < -0.39 is 0 Å². The Bertz CT molecular complexity index is 472. The van der Waals surface area contributed by atoms with Gasteiger partial charge in [0.05, 0.1) is 18.1 Å². The van der Waals surface area contributed by atoms with Crippen LogP contribution in [0.4, 0.5) is 0 Å². The molecule has 92 valence electrons. The first-order valence-corrected chi connectivity index (χ1v) is 5.60. The van der Waals surface area contributed by atoms with E-state index in [1.54, 1.807) is 4.68 Å². The molecule has 0 saturated heterocycles. The summed E-state index contributed by atoms with van der Waals surface area (Å²) in [5.41, 5.74) is 8.78. The van der Waals surface area contributed by atoms with Crippen molar-refractivity contribution in [1.29, 1.82) is 0 Å². The number of aromatic amines is 1. The Morgan fingerprint density at radius 2 is 2.29 bits per heavy atom. The van der Waals surface area contributed by atoms with Gasteiger partial charge in [-0.15, -0.1) is 0 Å². The molecule has 0 atom stereocenters. The maximum atomic E-state index is 5.53.